The molecule has 1 unspecified atom stereocenters. The molecule has 0 spiro atoms. The van der Waals surface area contributed by atoms with Crippen molar-refractivity contribution in [2.75, 3.05) is 42.5 Å². The minimum Gasteiger partial charge on any atom is -0.369 e. The van der Waals surface area contributed by atoms with E-state index in [1.807, 2.05) is 23.3 Å². The van der Waals surface area contributed by atoms with E-state index in [9.17, 15) is 4.39 Å². The Morgan fingerprint density at radius 3 is 2.70 bits per heavy atom. The Hall–Kier alpha value is -3.62. The van der Waals surface area contributed by atoms with E-state index in [4.69, 9.17) is 9.97 Å². The molecule has 0 radical (unpaired) electrons. The van der Waals surface area contributed by atoms with Crippen LogP contribution in [0, 0.1) is 0 Å². The molecule has 0 saturated carbocycles. The molecular formula is C27H32FN9. The number of rotatable bonds is 8. The van der Waals surface area contributed by atoms with Gasteiger partial charge in [-0.2, -0.15) is 0 Å². The van der Waals surface area contributed by atoms with Gasteiger partial charge >= 0.3 is 0 Å². The van der Waals surface area contributed by atoms with Crippen molar-refractivity contribution in [2.45, 2.75) is 51.1 Å². The number of anilines is 2. The van der Waals surface area contributed by atoms with E-state index in [0.717, 1.165) is 67.5 Å². The molecule has 2 atom stereocenters. The Morgan fingerprint density at radius 1 is 1.08 bits per heavy atom. The van der Waals surface area contributed by atoms with E-state index >= 15 is 0 Å². The Kier molecular flexibility index (Phi) is 6.68. The average molecular weight is 502 g/mol. The van der Waals surface area contributed by atoms with E-state index in [1.54, 1.807) is 6.20 Å². The summed E-state index contributed by atoms with van der Waals surface area (Å²) in [4.78, 5) is 18.6. The molecular weight excluding hydrogens is 469 g/mol. The predicted octanol–water partition coefficient (Wildman–Crippen LogP) is 3.68. The van der Waals surface area contributed by atoms with Gasteiger partial charge in [0.1, 0.15) is 23.0 Å². The van der Waals surface area contributed by atoms with Crippen LogP contribution in [0.15, 0.2) is 54.1 Å². The molecule has 3 aromatic rings. The molecule has 2 aliphatic heterocycles. The third-order valence-corrected chi connectivity index (χ3v) is 7.49. The van der Waals surface area contributed by atoms with Gasteiger partial charge in [0.15, 0.2) is 0 Å². The van der Waals surface area contributed by atoms with Gasteiger partial charge in [0, 0.05) is 45.2 Å². The fourth-order valence-electron chi connectivity index (χ4n) is 5.24. The second-order valence-electron chi connectivity index (χ2n) is 10.1. The lowest BCUT2D eigenvalue weighted by molar-refractivity contribution is 0.430. The van der Waals surface area contributed by atoms with Crippen LogP contribution >= 0.6 is 0 Å². The van der Waals surface area contributed by atoms with Gasteiger partial charge in [-0.05, 0) is 50.3 Å². The van der Waals surface area contributed by atoms with Crippen molar-refractivity contribution in [1.82, 2.24) is 35.3 Å². The summed E-state index contributed by atoms with van der Waals surface area (Å²) in [5.41, 5.74) is 7.25. The molecule has 6 rings (SSSR count). The van der Waals surface area contributed by atoms with Crippen molar-refractivity contribution in [1.29, 1.82) is 0 Å². The zero-order valence-corrected chi connectivity index (χ0v) is 21.1. The summed E-state index contributed by atoms with van der Waals surface area (Å²) in [5.74, 6) is 0.765. The molecule has 0 aromatic carbocycles. The zero-order chi connectivity index (χ0) is 25.2. The highest BCUT2D eigenvalue weighted by Crippen LogP contribution is 2.25. The van der Waals surface area contributed by atoms with E-state index in [1.165, 1.54) is 12.8 Å². The van der Waals surface area contributed by atoms with Gasteiger partial charge in [0.25, 0.3) is 0 Å². The smallest absolute Gasteiger partial charge is 0.147 e. The summed E-state index contributed by atoms with van der Waals surface area (Å²) in [6.45, 7) is 6.76. The highest BCUT2D eigenvalue weighted by Gasteiger charge is 2.22. The third kappa shape index (κ3) is 5.26. The normalized spacial score (nSPS) is 20.4. The van der Waals surface area contributed by atoms with Crippen LogP contribution in [0.2, 0.25) is 0 Å². The molecule has 5 heterocycles. The Balaban J connectivity index is 1.09. The minimum absolute atomic E-state index is 0.0648. The standard InChI is InChI=1S/C27H32FN9/c1-19(37-18-26(33-34-37)25-15-29-16-27(32-25)35-8-2-3-9-35)24-7-6-23(14-31-24)36-10-4-5-22(17-36)30-13-20-11-21(28)12-20/h6-7,14-16,18-19,22,30H,2-5,8-11,13,17H2,1H3/t19?,22-/m1/s1. The molecule has 2 saturated heterocycles. The molecule has 1 aliphatic carbocycles. The van der Waals surface area contributed by atoms with Crippen molar-refractivity contribution in [3.63, 3.8) is 0 Å². The van der Waals surface area contributed by atoms with E-state index < -0.39 is 0 Å². The number of hydrogen-bond donors (Lipinski definition) is 1. The maximum Gasteiger partial charge on any atom is 0.147 e. The summed E-state index contributed by atoms with van der Waals surface area (Å²) in [6.07, 6.45) is 12.5. The first-order valence-electron chi connectivity index (χ1n) is 13.2. The van der Waals surface area contributed by atoms with Crippen LogP contribution < -0.4 is 15.1 Å². The van der Waals surface area contributed by atoms with E-state index in [2.05, 4.69) is 55.2 Å². The molecule has 3 aliphatic rings. The van der Waals surface area contributed by atoms with Crippen molar-refractivity contribution in [2.24, 2.45) is 0 Å². The first kappa shape index (κ1) is 23.8. The summed E-state index contributed by atoms with van der Waals surface area (Å²) < 4.78 is 14.7. The minimum atomic E-state index is -0.134. The molecule has 10 heteroatoms. The van der Waals surface area contributed by atoms with Crippen LogP contribution in [-0.2, 0) is 0 Å². The number of nitrogens with zero attached hydrogens (tertiary/aromatic N) is 8. The number of aromatic nitrogens is 6. The molecule has 2 fully saturated rings. The van der Waals surface area contributed by atoms with E-state index in [-0.39, 0.29) is 11.9 Å². The first-order chi connectivity index (χ1) is 18.1. The third-order valence-electron chi connectivity index (χ3n) is 7.49. The van der Waals surface area contributed by atoms with Crippen LogP contribution in [0.4, 0.5) is 15.9 Å². The fourth-order valence-corrected chi connectivity index (χ4v) is 5.24. The molecule has 0 bridgehead atoms. The van der Waals surface area contributed by atoms with Crippen LogP contribution in [0.25, 0.3) is 11.4 Å². The van der Waals surface area contributed by atoms with Gasteiger partial charge in [-0.15, -0.1) is 5.10 Å². The van der Waals surface area contributed by atoms with Gasteiger partial charge in [0.2, 0.25) is 0 Å². The predicted molar refractivity (Wildman–Crippen MR) is 140 cm³/mol. The molecule has 3 aromatic heterocycles. The van der Waals surface area contributed by atoms with Crippen LogP contribution in [0.3, 0.4) is 0 Å². The van der Waals surface area contributed by atoms with Crippen LogP contribution in [-0.4, -0.2) is 68.7 Å². The highest BCUT2D eigenvalue weighted by atomic mass is 19.1. The Morgan fingerprint density at radius 2 is 1.92 bits per heavy atom. The van der Waals surface area contributed by atoms with Crippen LogP contribution in [0.5, 0.6) is 0 Å². The monoisotopic (exact) mass is 501 g/mol. The van der Waals surface area contributed by atoms with E-state index in [0.29, 0.717) is 24.7 Å². The van der Waals surface area contributed by atoms with Crippen molar-refractivity contribution in [3.8, 4) is 11.4 Å². The quantitative estimate of drug-likeness (QED) is 0.468. The summed E-state index contributed by atoms with van der Waals surface area (Å²) in [6, 6.07) is 4.52. The van der Waals surface area contributed by atoms with Gasteiger partial charge in [-0.1, -0.05) is 10.9 Å². The zero-order valence-electron chi connectivity index (χ0n) is 21.1. The first-order valence-corrected chi connectivity index (χ1v) is 13.2. The molecule has 9 nitrogen and oxygen atoms in total. The van der Waals surface area contributed by atoms with Gasteiger partial charge in [-0.3, -0.25) is 9.97 Å². The van der Waals surface area contributed by atoms with Gasteiger partial charge in [0.05, 0.1) is 42.2 Å². The summed E-state index contributed by atoms with van der Waals surface area (Å²) in [5, 5.41) is 12.3. The second-order valence-corrected chi connectivity index (χ2v) is 10.1. The molecule has 192 valence electrons. The number of nitrogens with one attached hydrogen (secondary N) is 1. The van der Waals surface area contributed by atoms with Gasteiger partial charge < -0.3 is 15.1 Å². The highest BCUT2D eigenvalue weighted by molar-refractivity contribution is 5.54. The van der Waals surface area contributed by atoms with Gasteiger partial charge in [-0.25, -0.2) is 14.1 Å². The fraction of sp³-hybridized carbons (Fsp3) is 0.481. The Labute approximate surface area is 216 Å². The number of hydrogen-bond acceptors (Lipinski definition) is 8. The largest absolute Gasteiger partial charge is 0.369 e. The number of halogens is 1. The van der Waals surface area contributed by atoms with Crippen molar-refractivity contribution in [3.05, 3.63) is 59.7 Å². The maximum absolute atomic E-state index is 12.9. The number of pyridine rings is 1. The van der Waals surface area contributed by atoms with Crippen molar-refractivity contribution >= 4 is 11.5 Å². The molecule has 37 heavy (non-hydrogen) atoms. The topological polar surface area (TPSA) is 87.9 Å². The summed E-state index contributed by atoms with van der Waals surface area (Å²) in [7, 11) is 0. The number of piperidine rings is 1. The Bertz CT molecular complexity index is 1310. The van der Waals surface area contributed by atoms with Crippen molar-refractivity contribution < 1.29 is 4.39 Å². The second kappa shape index (κ2) is 10.4. The maximum atomic E-state index is 12.9. The SMILES string of the molecule is CC(c1ccc(N2CCC[C@@H](NCC3=C=C(F)C3)C2)cn1)n1cc(-c2cncc(N3CCCC3)n2)nn1. The van der Waals surface area contributed by atoms with Crippen LogP contribution in [0.1, 0.15) is 50.8 Å². The average Bonchev–Trinajstić information content (AvgIpc) is 3.64. The molecule has 1 N–H and O–H groups in total. The summed E-state index contributed by atoms with van der Waals surface area (Å²) >= 11 is 0. The lowest BCUT2D eigenvalue weighted by Gasteiger charge is -2.35. The lowest BCUT2D eigenvalue weighted by Crippen LogP contribution is -2.46. The lowest BCUT2D eigenvalue weighted by atomic mass is 10.0. The molecule has 0 amide bonds.